The van der Waals surface area contributed by atoms with Crippen LogP contribution in [0.25, 0.3) is 11.1 Å². The minimum atomic E-state index is -4.20. The van der Waals surface area contributed by atoms with Crippen molar-refractivity contribution in [2.24, 2.45) is 5.92 Å². The number of halogens is 2. The summed E-state index contributed by atoms with van der Waals surface area (Å²) in [6.07, 6.45) is 16.4. The molecule has 3 aromatic rings. The molecule has 0 spiro atoms. The van der Waals surface area contributed by atoms with Crippen LogP contribution in [-0.2, 0) is 39.7 Å². The molecule has 3 aliphatic carbocycles. The Labute approximate surface area is 281 Å². The van der Waals surface area contributed by atoms with Crippen molar-refractivity contribution >= 4 is 32.3 Å². The van der Waals surface area contributed by atoms with Gasteiger partial charge in [0.2, 0.25) is 0 Å². The number of hydrogen-bond donors (Lipinski definition) is 0. The van der Waals surface area contributed by atoms with E-state index in [0.29, 0.717) is 0 Å². The third kappa shape index (κ3) is 6.50. The van der Waals surface area contributed by atoms with Crippen molar-refractivity contribution in [3.8, 4) is 11.1 Å². The van der Waals surface area contributed by atoms with Crippen LogP contribution < -0.4 is 3.27 Å². The molecule has 44 heavy (non-hydrogen) atoms. The molecule has 0 bridgehead atoms. The molecule has 0 aromatic heterocycles. The number of hydrogen-bond acceptors (Lipinski definition) is 0. The van der Waals surface area contributed by atoms with Crippen molar-refractivity contribution in [1.29, 1.82) is 0 Å². The van der Waals surface area contributed by atoms with Crippen LogP contribution in [0, 0.1) is 5.92 Å². The van der Waals surface area contributed by atoms with E-state index in [4.69, 9.17) is 4.21 Å². The molecule has 3 aromatic carbocycles. The fourth-order valence-corrected chi connectivity index (χ4v) is 26.1. The van der Waals surface area contributed by atoms with Crippen molar-refractivity contribution in [3.63, 3.8) is 0 Å². The predicted molar refractivity (Wildman–Crippen MR) is 197 cm³/mol. The van der Waals surface area contributed by atoms with Gasteiger partial charge in [0, 0.05) is 0 Å². The van der Waals surface area contributed by atoms with Gasteiger partial charge in [-0.05, 0) is 0 Å². The van der Waals surface area contributed by atoms with E-state index in [1.165, 1.54) is 69.6 Å². The third-order valence-corrected chi connectivity index (χ3v) is 27.6. The maximum absolute atomic E-state index is 5.76. The van der Waals surface area contributed by atoms with E-state index in [9.17, 15) is 0 Å². The Hall–Kier alpha value is -1.53. The van der Waals surface area contributed by atoms with Crippen molar-refractivity contribution in [3.05, 3.63) is 110 Å². The zero-order chi connectivity index (χ0) is 29.8. The molecule has 3 heteroatoms. The number of rotatable bonds is 6. The summed E-state index contributed by atoms with van der Waals surface area (Å²) >= 11 is -4.20. The van der Waals surface area contributed by atoms with Crippen molar-refractivity contribution in [2.45, 2.75) is 106 Å². The summed E-state index contributed by atoms with van der Waals surface area (Å²) in [7, 11) is 0. The molecule has 0 atom stereocenters. The first-order chi connectivity index (χ1) is 19.9. The van der Waals surface area contributed by atoms with Crippen molar-refractivity contribution in [1.82, 2.24) is 0 Å². The molecule has 0 nitrogen and oxygen atoms in total. The predicted octanol–water partition coefficient (Wildman–Crippen LogP) is 11.5. The van der Waals surface area contributed by atoms with Crippen molar-refractivity contribution in [2.75, 3.05) is 0 Å². The molecule has 0 aliphatic heterocycles. The second-order valence-electron chi connectivity index (χ2n) is 16.2. The molecular formula is C41H54Cl2Zr. The van der Waals surface area contributed by atoms with Crippen LogP contribution in [0.15, 0.2) is 82.2 Å². The summed E-state index contributed by atoms with van der Waals surface area (Å²) < 4.78 is 11.7. The fourth-order valence-electron chi connectivity index (χ4n) is 8.56. The van der Waals surface area contributed by atoms with E-state index in [2.05, 4.69) is 120 Å². The monoisotopic (exact) mass is 706 g/mol. The maximum atomic E-state index is 5.76. The molecule has 1 fully saturated rings. The van der Waals surface area contributed by atoms with Gasteiger partial charge >= 0.3 is 258 Å². The average molecular weight is 709 g/mol. The van der Waals surface area contributed by atoms with Crippen LogP contribution in [-0.4, -0.2) is 4.21 Å². The summed E-state index contributed by atoms with van der Waals surface area (Å²) in [4.78, 5) is 0. The van der Waals surface area contributed by atoms with Gasteiger partial charge in [0.15, 0.2) is 0 Å². The molecular weight excluding hydrogens is 655 g/mol. The molecule has 0 saturated heterocycles. The Balaban J connectivity index is 0.00000221. The molecule has 3 aliphatic rings. The van der Waals surface area contributed by atoms with E-state index in [0.717, 1.165) is 22.9 Å². The van der Waals surface area contributed by atoms with Crippen LogP contribution in [0.2, 0.25) is 4.13 Å². The molecule has 1 saturated carbocycles. The van der Waals surface area contributed by atoms with Gasteiger partial charge in [-0.15, -0.1) is 24.8 Å². The van der Waals surface area contributed by atoms with Crippen LogP contribution in [0.5, 0.6) is 0 Å². The van der Waals surface area contributed by atoms with Gasteiger partial charge in [-0.1, -0.05) is 0 Å². The number of benzene rings is 3. The molecule has 0 radical (unpaired) electrons. The van der Waals surface area contributed by atoms with E-state index in [1.54, 1.807) is 12.1 Å². The Morgan fingerprint density at radius 1 is 0.773 bits per heavy atom. The van der Waals surface area contributed by atoms with E-state index >= 15 is 0 Å². The zero-order valence-corrected chi connectivity index (χ0v) is 32.1. The second kappa shape index (κ2) is 12.9. The summed E-state index contributed by atoms with van der Waals surface area (Å²) in [6, 6.07) is 24.1. The van der Waals surface area contributed by atoms with Crippen LogP contribution >= 0.6 is 24.8 Å². The summed E-state index contributed by atoms with van der Waals surface area (Å²) in [5.74, 6) is 0.789. The van der Waals surface area contributed by atoms with Gasteiger partial charge in [-0.2, -0.15) is 0 Å². The second-order valence-corrected chi connectivity index (χ2v) is 30.5. The van der Waals surface area contributed by atoms with Gasteiger partial charge in [-0.25, -0.2) is 0 Å². The fraction of sp³-hybridized carbons (Fsp3) is 0.439. The molecule has 236 valence electrons. The summed E-state index contributed by atoms with van der Waals surface area (Å²) in [5.41, 5.74) is 10.7. The Bertz CT molecular complexity index is 1620. The first-order valence-corrected chi connectivity index (χ1v) is 24.3. The van der Waals surface area contributed by atoms with Crippen molar-refractivity contribution < 1.29 is 18.3 Å². The topological polar surface area (TPSA) is 0 Å². The Morgan fingerprint density at radius 2 is 1.43 bits per heavy atom. The summed E-state index contributed by atoms with van der Waals surface area (Å²) in [5, 5.41) is 0. The van der Waals surface area contributed by atoms with Gasteiger partial charge in [0.1, 0.15) is 0 Å². The normalized spacial score (nSPS) is 16.9. The quantitative estimate of drug-likeness (QED) is 0.187. The minimum absolute atomic E-state index is 0. The molecule has 0 N–H and O–H groups in total. The zero-order valence-electron chi connectivity index (χ0n) is 28.0. The number of fused-ring (bicyclic) bond motifs is 3. The average Bonchev–Trinajstić information content (AvgIpc) is 3.62. The third-order valence-electron chi connectivity index (χ3n) is 11.0. The van der Waals surface area contributed by atoms with E-state index < -0.39 is 18.3 Å². The number of allylic oxidation sites excluding steroid dienone is 4. The summed E-state index contributed by atoms with van der Waals surface area (Å²) in [6.45, 7) is 14.2. The molecule has 0 unspecified atom stereocenters. The molecule has 0 amide bonds. The van der Waals surface area contributed by atoms with Crippen LogP contribution in [0.3, 0.4) is 0 Å². The Kier molecular flexibility index (Phi) is 10.4. The van der Waals surface area contributed by atoms with E-state index in [1.807, 2.05) is 0 Å². The first kappa shape index (κ1) is 35.3. The molecule has 6 rings (SSSR count). The molecule has 0 heterocycles. The standard InChI is InChI=1S/C21H25.C7H13.C7H7.C5H5.CH2.2ClH.Zr/c1-20(2,3)16-9-7-14-11-15-8-10-17(21(4,5)6)13-19(15)18(14)12-16;2*1-7-5-3-2-4-6-7;1-2-4-5-3-1;;;;/h7,9-10,12-13H,11H2,1-6H3;7H,1-6H2;2-6H,1H2;1-3H,4H2;1H2;2*1H;. The van der Waals surface area contributed by atoms with Gasteiger partial charge in [0.05, 0.1) is 0 Å². The van der Waals surface area contributed by atoms with Gasteiger partial charge in [0.25, 0.3) is 0 Å². The van der Waals surface area contributed by atoms with Crippen LogP contribution in [0.1, 0.15) is 108 Å². The van der Waals surface area contributed by atoms with Gasteiger partial charge < -0.3 is 0 Å². The van der Waals surface area contributed by atoms with Crippen LogP contribution in [0.4, 0.5) is 0 Å². The Morgan fingerprint density at radius 3 is 2.05 bits per heavy atom. The first-order valence-electron chi connectivity index (χ1n) is 16.6. The van der Waals surface area contributed by atoms with E-state index in [-0.39, 0.29) is 35.6 Å². The van der Waals surface area contributed by atoms with Gasteiger partial charge in [-0.3, -0.25) is 0 Å². The SMILES string of the molecule is Cl.Cl.[CH2]=[Zr]([CH2]c1ccccc1)([CH2]C1CCCCC1)([C]1=CC=CC1)[c]1cc(C(C)(C)C)cc2c1Cc1ccc(C(C)(C)C)cc1-2.